The SMILES string of the molecule is CCN(Cc1cccc(F)c1)C(=O)CNC(=O)c1ccc(C)c([N+](=O)[O-])c1. The van der Waals surface area contributed by atoms with Crippen LogP contribution >= 0.6 is 0 Å². The summed E-state index contributed by atoms with van der Waals surface area (Å²) in [6.45, 7) is 3.71. The first kappa shape index (κ1) is 20.0. The zero-order valence-corrected chi connectivity index (χ0v) is 15.1. The third-order valence-corrected chi connectivity index (χ3v) is 4.07. The zero-order chi connectivity index (χ0) is 20.0. The lowest BCUT2D eigenvalue weighted by atomic mass is 10.1. The highest BCUT2D eigenvalue weighted by Crippen LogP contribution is 2.19. The van der Waals surface area contributed by atoms with Gasteiger partial charge in [0.1, 0.15) is 5.82 Å². The summed E-state index contributed by atoms with van der Waals surface area (Å²) in [5.41, 5.74) is 1.04. The Balaban J connectivity index is 1.99. The first-order valence-electron chi connectivity index (χ1n) is 8.37. The molecule has 0 spiro atoms. The number of nitro groups is 1. The molecule has 8 heteroatoms. The number of rotatable bonds is 7. The molecule has 7 nitrogen and oxygen atoms in total. The van der Waals surface area contributed by atoms with Crippen LogP contribution in [0.15, 0.2) is 42.5 Å². The highest BCUT2D eigenvalue weighted by Gasteiger charge is 2.17. The van der Waals surface area contributed by atoms with Crippen LogP contribution in [0.25, 0.3) is 0 Å². The number of likely N-dealkylation sites (N-methyl/N-ethyl adjacent to an activating group) is 1. The minimum Gasteiger partial charge on any atom is -0.343 e. The van der Waals surface area contributed by atoms with E-state index in [9.17, 15) is 24.1 Å². The van der Waals surface area contributed by atoms with E-state index in [-0.39, 0.29) is 36.1 Å². The highest BCUT2D eigenvalue weighted by atomic mass is 19.1. The molecule has 0 fully saturated rings. The van der Waals surface area contributed by atoms with Gasteiger partial charge in [-0.15, -0.1) is 0 Å². The Morgan fingerprint density at radius 2 is 1.96 bits per heavy atom. The van der Waals surface area contributed by atoms with Crippen molar-refractivity contribution in [2.75, 3.05) is 13.1 Å². The van der Waals surface area contributed by atoms with Crippen molar-refractivity contribution >= 4 is 17.5 Å². The van der Waals surface area contributed by atoms with Crippen molar-refractivity contribution < 1.29 is 18.9 Å². The van der Waals surface area contributed by atoms with Gasteiger partial charge in [0.15, 0.2) is 0 Å². The molecule has 0 aliphatic rings. The van der Waals surface area contributed by atoms with Crippen LogP contribution in [0.4, 0.5) is 10.1 Å². The molecule has 0 unspecified atom stereocenters. The first-order chi connectivity index (χ1) is 12.8. The molecule has 1 N–H and O–H groups in total. The van der Waals surface area contributed by atoms with Crippen LogP contribution in [-0.4, -0.2) is 34.7 Å². The molecule has 0 heterocycles. The molecular weight excluding hydrogens is 353 g/mol. The summed E-state index contributed by atoms with van der Waals surface area (Å²) in [6.07, 6.45) is 0. The molecule has 0 aliphatic carbocycles. The molecule has 0 saturated heterocycles. The molecule has 0 atom stereocenters. The second-order valence-electron chi connectivity index (χ2n) is 5.98. The summed E-state index contributed by atoms with van der Waals surface area (Å²) < 4.78 is 13.3. The van der Waals surface area contributed by atoms with E-state index in [1.807, 2.05) is 0 Å². The van der Waals surface area contributed by atoms with E-state index >= 15 is 0 Å². The van der Waals surface area contributed by atoms with Crippen molar-refractivity contribution in [3.8, 4) is 0 Å². The monoisotopic (exact) mass is 373 g/mol. The van der Waals surface area contributed by atoms with E-state index in [4.69, 9.17) is 0 Å². The molecule has 0 aliphatic heterocycles. The van der Waals surface area contributed by atoms with E-state index < -0.39 is 10.8 Å². The van der Waals surface area contributed by atoms with Crippen LogP contribution in [0.2, 0.25) is 0 Å². The van der Waals surface area contributed by atoms with Gasteiger partial charge in [0.2, 0.25) is 5.91 Å². The summed E-state index contributed by atoms with van der Waals surface area (Å²) in [5, 5.41) is 13.4. The largest absolute Gasteiger partial charge is 0.343 e. The number of nitro benzene ring substituents is 1. The van der Waals surface area contributed by atoms with Gasteiger partial charge in [-0.05, 0) is 37.6 Å². The number of benzene rings is 2. The second kappa shape index (κ2) is 8.88. The molecule has 142 valence electrons. The summed E-state index contributed by atoms with van der Waals surface area (Å²) >= 11 is 0. The van der Waals surface area contributed by atoms with Crippen molar-refractivity contribution in [2.24, 2.45) is 0 Å². The van der Waals surface area contributed by atoms with Gasteiger partial charge in [0.05, 0.1) is 11.5 Å². The minimum atomic E-state index is -0.576. The fourth-order valence-electron chi connectivity index (χ4n) is 2.55. The Bertz CT molecular complexity index is 870. The van der Waals surface area contributed by atoms with Gasteiger partial charge >= 0.3 is 0 Å². The quantitative estimate of drug-likeness (QED) is 0.597. The van der Waals surface area contributed by atoms with Crippen molar-refractivity contribution in [2.45, 2.75) is 20.4 Å². The predicted molar refractivity (Wildman–Crippen MR) is 97.7 cm³/mol. The van der Waals surface area contributed by atoms with Gasteiger partial charge in [-0.2, -0.15) is 0 Å². The molecule has 0 bridgehead atoms. The third kappa shape index (κ3) is 5.34. The number of aryl methyl sites for hydroxylation is 1. The lowest BCUT2D eigenvalue weighted by Crippen LogP contribution is -2.39. The lowest BCUT2D eigenvalue weighted by molar-refractivity contribution is -0.385. The van der Waals surface area contributed by atoms with E-state index in [0.717, 1.165) is 0 Å². The molecule has 27 heavy (non-hydrogen) atoms. The summed E-state index contributed by atoms with van der Waals surface area (Å²) in [7, 11) is 0. The Hall–Kier alpha value is -3.29. The number of carbonyl (C=O) groups excluding carboxylic acids is 2. The van der Waals surface area contributed by atoms with Crippen LogP contribution in [0.3, 0.4) is 0 Å². The van der Waals surface area contributed by atoms with Gasteiger partial charge in [-0.3, -0.25) is 19.7 Å². The molecule has 2 aromatic rings. The van der Waals surface area contributed by atoms with E-state index in [1.54, 1.807) is 26.0 Å². The normalized spacial score (nSPS) is 10.3. The summed E-state index contributed by atoms with van der Waals surface area (Å²) in [5.74, 6) is -1.30. The Labute approximate surface area is 155 Å². The van der Waals surface area contributed by atoms with Crippen LogP contribution in [0, 0.1) is 22.9 Å². The van der Waals surface area contributed by atoms with E-state index in [2.05, 4.69) is 5.32 Å². The van der Waals surface area contributed by atoms with Crippen LogP contribution in [0.1, 0.15) is 28.4 Å². The van der Waals surface area contributed by atoms with Gasteiger partial charge in [-0.25, -0.2) is 4.39 Å². The van der Waals surface area contributed by atoms with E-state index in [1.165, 1.54) is 35.2 Å². The van der Waals surface area contributed by atoms with Gasteiger partial charge in [-0.1, -0.05) is 18.2 Å². The molecule has 2 aromatic carbocycles. The van der Waals surface area contributed by atoms with Crippen molar-refractivity contribution in [1.29, 1.82) is 0 Å². The summed E-state index contributed by atoms with van der Waals surface area (Å²) in [6, 6.07) is 10.1. The molecule has 0 saturated carbocycles. The van der Waals surface area contributed by atoms with Crippen molar-refractivity contribution in [3.63, 3.8) is 0 Å². The molecular formula is C19H20FN3O4. The van der Waals surface area contributed by atoms with Crippen molar-refractivity contribution in [1.82, 2.24) is 10.2 Å². The maximum Gasteiger partial charge on any atom is 0.273 e. The molecule has 0 aromatic heterocycles. The van der Waals surface area contributed by atoms with Crippen LogP contribution < -0.4 is 5.32 Å². The minimum absolute atomic E-state index is 0.105. The number of nitrogens with zero attached hydrogens (tertiary/aromatic N) is 2. The third-order valence-electron chi connectivity index (χ3n) is 4.07. The maximum absolute atomic E-state index is 13.3. The number of hydrogen-bond acceptors (Lipinski definition) is 4. The number of amides is 2. The zero-order valence-electron chi connectivity index (χ0n) is 15.1. The van der Waals surface area contributed by atoms with Crippen LogP contribution in [-0.2, 0) is 11.3 Å². The second-order valence-corrected chi connectivity index (χ2v) is 5.98. The number of carbonyl (C=O) groups is 2. The predicted octanol–water partition coefficient (Wildman–Crippen LogP) is 2.82. The molecule has 2 rings (SSSR count). The average molecular weight is 373 g/mol. The standard InChI is InChI=1S/C19H20FN3O4/c1-3-22(12-14-5-4-6-16(20)9-14)18(24)11-21-19(25)15-8-7-13(2)17(10-15)23(26)27/h4-10H,3,11-12H2,1-2H3,(H,21,25). The van der Waals surface area contributed by atoms with Gasteiger partial charge in [0.25, 0.3) is 11.6 Å². The Morgan fingerprint density at radius 3 is 2.59 bits per heavy atom. The number of hydrogen-bond donors (Lipinski definition) is 1. The average Bonchev–Trinajstić information content (AvgIpc) is 2.64. The molecule has 0 radical (unpaired) electrons. The topological polar surface area (TPSA) is 92.6 Å². The highest BCUT2D eigenvalue weighted by molar-refractivity contribution is 5.97. The molecule has 2 amide bonds. The number of nitrogens with one attached hydrogen (secondary N) is 1. The fourth-order valence-corrected chi connectivity index (χ4v) is 2.55. The Kier molecular flexibility index (Phi) is 6.59. The number of halogens is 1. The first-order valence-corrected chi connectivity index (χ1v) is 8.37. The van der Waals surface area contributed by atoms with Gasteiger partial charge in [0, 0.05) is 30.3 Å². The fraction of sp³-hybridized carbons (Fsp3) is 0.263. The smallest absolute Gasteiger partial charge is 0.273 e. The maximum atomic E-state index is 13.3. The summed E-state index contributed by atoms with van der Waals surface area (Å²) in [4.78, 5) is 36.4. The Morgan fingerprint density at radius 1 is 1.22 bits per heavy atom. The van der Waals surface area contributed by atoms with Crippen molar-refractivity contribution in [3.05, 3.63) is 75.1 Å². The lowest BCUT2D eigenvalue weighted by Gasteiger charge is -2.21. The van der Waals surface area contributed by atoms with E-state index in [0.29, 0.717) is 17.7 Å². The van der Waals surface area contributed by atoms with Gasteiger partial charge < -0.3 is 10.2 Å². The van der Waals surface area contributed by atoms with Crippen LogP contribution in [0.5, 0.6) is 0 Å².